The molecule has 1 aliphatic rings. The highest BCUT2D eigenvalue weighted by Crippen LogP contribution is 2.28. The molecule has 4 rings (SSSR count). The molecule has 0 unspecified atom stereocenters. The fraction of sp³-hybridized carbons (Fsp3) is 0.273. The predicted octanol–water partition coefficient (Wildman–Crippen LogP) is 3.22. The molecule has 3 aromatic rings. The van der Waals surface area contributed by atoms with Gasteiger partial charge in [-0.2, -0.15) is 5.10 Å². The molecule has 27 heavy (non-hydrogen) atoms. The number of rotatable bonds is 5. The van der Waals surface area contributed by atoms with Crippen molar-refractivity contribution in [3.8, 4) is 5.69 Å². The van der Waals surface area contributed by atoms with Crippen molar-refractivity contribution in [2.24, 2.45) is 0 Å². The Labute approximate surface area is 159 Å². The third-order valence-electron chi connectivity index (χ3n) is 5.17. The highest BCUT2D eigenvalue weighted by Gasteiger charge is 2.27. The zero-order valence-electron chi connectivity index (χ0n) is 15.5. The number of para-hydroxylation sites is 1. The minimum atomic E-state index is -0.0871. The van der Waals surface area contributed by atoms with Gasteiger partial charge in [-0.05, 0) is 61.9 Å². The second-order valence-electron chi connectivity index (χ2n) is 7.07. The van der Waals surface area contributed by atoms with E-state index < -0.39 is 0 Å². The van der Waals surface area contributed by atoms with E-state index in [0.717, 1.165) is 53.7 Å². The fourth-order valence-electron chi connectivity index (χ4n) is 3.71. The summed E-state index contributed by atoms with van der Waals surface area (Å²) in [5.74, 6) is -0.0871. The summed E-state index contributed by atoms with van der Waals surface area (Å²) < 4.78 is 1.96. The first-order chi connectivity index (χ1) is 13.1. The summed E-state index contributed by atoms with van der Waals surface area (Å²) in [6.45, 7) is 2.65. The van der Waals surface area contributed by atoms with Crippen molar-refractivity contribution in [3.63, 3.8) is 0 Å². The summed E-state index contributed by atoms with van der Waals surface area (Å²) in [6, 6.07) is 15.9. The van der Waals surface area contributed by atoms with Crippen molar-refractivity contribution in [1.82, 2.24) is 15.1 Å². The average molecular weight is 360 g/mol. The molecule has 5 heteroatoms. The standard InChI is InChI=1S/C22H24N4O/c1-15-5-2-3-7-19(15)26-20-8-4-6-18(20)21(25-26)22(27)24-14-13-16-9-11-17(23)12-10-16/h2-3,5,7,9-12H,4,6,8,13-14,23H2,1H3,(H,24,27). The maximum absolute atomic E-state index is 12.8. The van der Waals surface area contributed by atoms with Crippen LogP contribution in [0.3, 0.4) is 0 Å². The molecule has 0 saturated carbocycles. The molecule has 138 valence electrons. The van der Waals surface area contributed by atoms with Gasteiger partial charge in [-0.3, -0.25) is 4.79 Å². The van der Waals surface area contributed by atoms with Crippen molar-refractivity contribution in [1.29, 1.82) is 0 Å². The van der Waals surface area contributed by atoms with Crippen LogP contribution in [0.4, 0.5) is 5.69 Å². The van der Waals surface area contributed by atoms with E-state index in [-0.39, 0.29) is 5.91 Å². The van der Waals surface area contributed by atoms with Gasteiger partial charge in [-0.25, -0.2) is 4.68 Å². The number of amides is 1. The third-order valence-corrected chi connectivity index (χ3v) is 5.17. The Morgan fingerprint density at radius 2 is 1.93 bits per heavy atom. The molecule has 0 saturated heterocycles. The molecule has 1 amide bonds. The van der Waals surface area contributed by atoms with E-state index >= 15 is 0 Å². The van der Waals surface area contributed by atoms with Crippen LogP contribution in [0.1, 0.15) is 39.3 Å². The SMILES string of the molecule is Cc1ccccc1-n1nc(C(=O)NCCc2ccc(N)cc2)c2c1CCC2. The van der Waals surface area contributed by atoms with E-state index in [0.29, 0.717) is 12.2 Å². The molecule has 0 aliphatic heterocycles. The van der Waals surface area contributed by atoms with Crippen LogP contribution in [-0.4, -0.2) is 22.2 Å². The number of carbonyl (C=O) groups excluding carboxylic acids is 1. The van der Waals surface area contributed by atoms with E-state index in [1.807, 2.05) is 41.1 Å². The molecule has 2 aromatic carbocycles. The van der Waals surface area contributed by atoms with Crippen LogP contribution in [0.15, 0.2) is 48.5 Å². The number of fused-ring (bicyclic) bond motifs is 1. The van der Waals surface area contributed by atoms with Crippen LogP contribution < -0.4 is 11.1 Å². The summed E-state index contributed by atoms with van der Waals surface area (Å²) in [5.41, 5.74) is 12.7. The van der Waals surface area contributed by atoms with Crippen LogP contribution in [0, 0.1) is 6.92 Å². The first-order valence-electron chi connectivity index (χ1n) is 9.43. The number of aromatic nitrogens is 2. The summed E-state index contributed by atoms with van der Waals surface area (Å²) in [4.78, 5) is 12.8. The Hall–Kier alpha value is -3.08. The molecule has 0 fully saturated rings. The predicted molar refractivity (Wildman–Crippen MR) is 107 cm³/mol. The van der Waals surface area contributed by atoms with Crippen molar-refractivity contribution in [2.75, 3.05) is 12.3 Å². The third kappa shape index (κ3) is 3.45. The molecule has 0 radical (unpaired) electrons. The maximum Gasteiger partial charge on any atom is 0.272 e. The molecule has 0 spiro atoms. The van der Waals surface area contributed by atoms with Gasteiger partial charge in [0.05, 0.1) is 5.69 Å². The highest BCUT2D eigenvalue weighted by atomic mass is 16.1. The number of nitrogens with two attached hydrogens (primary N) is 1. The van der Waals surface area contributed by atoms with Gasteiger partial charge >= 0.3 is 0 Å². The number of aryl methyl sites for hydroxylation is 1. The van der Waals surface area contributed by atoms with E-state index in [4.69, 9.17) is 5.73 Å². The van der Waals surface area contributed by atoms with Gasteiger partial charge < -0.3 is 11.1 Å². The smallest absolute Gasteiger partial charge is 0.272 e. The minimum Gasteiger partial charge on any atom is -0.399 e. The Kier molecular flexibility index (Phi) is 4.67. The number of nitrogens with zero attached hydrogens (tertiary/aromatic N) is 2. The van der Waals surface area contributed by atoms with Crippen LogP contribution in [0.5, 0.6) is 0 Å². The second kappa shape index (κ2) is 7.27. The molecule has 1 heterocycles. The summed E-state index contributed by atoms with van der Waals surface area (Å²) in [5, 5.41) is 7.71. The molecule has 3 N–H and O–H groups in total. The first kappa shape index (κ1) is 17.3. The number of nitrogens with one attached hydrogen (secondary N) is 1. The lowest BCUT2D eigenvalue weighted by molar-refractivity contribution is 0.0948. The van der Waals surface area contributed by atoms with E-state index in [9.17, 15) is 4.79 Å². The normalized spacial score (nSPS) is 12.8. The van der Waals surface area contributed by atoms with Gasteiger partial charge in [0, 0.05) is 23.5 Å². The Morgan fingerprint density at radius 1 is 1.15 bits per heavy atom. The fourth-order valence-corrected chi connectivity index (χ4v) is 3.71. The van der Waals surface area contributed by atoms with Crippen LogP contribution >= 0.6 is 0 Å². The molecule has 1 aromatic heterocycles. The number of benzene rings is 2. The van der Waals surface area contributed by atoms with Gasteiger partial charge in [-0.1, -0.05) is 30.3 Å². The maximum atomic E-state index is 12.8. The second-order valence-corrected chi connectivity index (χ2v) is 7.07. The van der Waals surface area contributed by atoms with Crippen LogP contribution in [0.25, 0.3) is 5.69 Å². The van der Waals surface area contributed by atoms with Gasteiger partial charge in [0.2, 0.25) is 0 Å². The quantitative estimate of drug-likeness (QED) is 0.686. The van der Waals surface area contributed by atoms with Crippen molar-refractivity contribution < 1.29 is 4.79 Å². The van der Waals surface area contributed by atoms with Crippen molar-refractivity contribution in [2.45, 2.75) is 32.6 Å². The molecule has 5 nitrogen and oxygen atoms in total. The largest absolute Gasteiger partial charge is 0.399 e. The number of hydrogen-bond acceptors (Lipinski definition) is 3. The molecular weight excluding hydrogens is 336 g/mol. The van der Waals surface area contributed by atoms with E-state index in [2.05, 4.69) is 29.5 Å². The van der Waals surface area contributed by atoms with Gasteiger partial charge in [0.1, 0.15) is 0 Å². The van der Waals surface area contributed by atoms with Crippen LogP contribution in [-0.2, 0) is 19.3 Å². The van der Waals surface area contributed by atoms with Gasteiger partial charge in [-0.15, -0.1) is 0 Å². The molecule has 0 bridgehead atoms. The summed E-state index contributed by atoms with van der Waals surface area (Å²) in [7, 11) is 0. The summed E-state index contributed by atoms with van der Waals surface area (Å²) >= 11 is 0. The molecule has 0 atom stereocenters. The number of carbonyl (C=O) groups is 1. The lowest BCUT2D eigenvalue weighted by Crippen LogP contribution is -2.27. The van der Waals surface area contributed by atoms with Crippen molar-refractivity contribution >= 4 is 11.6 Å². The van der Waals surface area contributed by atoms with Gasteiger partial charge in [0.15, 0.2) is 5.69 Å². The van der Waals surface area contributed by atoms with Gasteiger partial charge in [0.25, 0.3) is 5.91 Å². The Bertz CT molecular complexity index is 972. The van der Waals surface area contributed by atoms with Crippen molar-refractivity contribution in [3.05, 3.63) is 76.6 Å². The average Bonchev–Trinajstić information content (AvgIpc) is 3.26. The Morgan fingerprint density at radius 3 is 2.70 bits per heavy atom. The zero-order chi connectivity index (χ0) is 18.8. The molecular formula is C22H24N4O. The number of anilines is 1. The number of nitrogen functional groups attached to an aromatic ring is 1. The van der Waals surface area contributed by atoms with E-state index in [1.54, 1.807) is 0 Å². The lowest BCUT2D eigenvalue weighted by Gasteiger charge is -2.08. The minimum absolute atomic E-state index is 0.0871. The summed E-state index contributed by atoms with van der Waals surface area (Å²) in [6.07, 6.45) is 3.73. The lowest BCUT2D eigenvalue weighted by atomic mass is 10.1. The zero-order valence-corrected chi connectivity index (χ0v) is 15.5. The monoisotopic (exact) mass is 360 g/mol. The highest BCUT2D eigenvalue weighted by molar-refractivity contribution is 5.94. The van der Waals surface area contributed by atoms with E-state index in [1.165, 1.54) is 5.69 Å². The first-order valence-corrected chi connectivity index (χ1v) is 9.43. The topological polar surface area (TPSA) is 72.9 Å². The Balaban J connectivity index is 1.52. The number of hydrogen-bond donors (Lipinski definition) is 2. The van der Waals surface area contributed by atoms with Crippen LogP contribution in [0.2, 0.25) is 0 Å². The molecule has 1 aliphatic carbocycles.